The smallest absolute Gasteiger partial charge is 0.217 e. The quantitative estimate of drug-likeness (QED) is 0.700. The van der Waals surface area contributed by atoms with Crippen LogP contribution in [0.3, 0.4) is 0 Å². The molecule has 0 radical (unpaired) electrons. The van der Waals surface area contributed by atoms with Crippen LogP contribution in [-0.4, -0.2) is 53.2 Å². The monoisotopic (exact) mass is 299 g/mol. The van der Waals surface area contributed by atoms with Crippen molar-refractivity contribution in [3.63, 3.8) is 0 Å². The van der Waals surface area contributed by atoms with E-state index in [1.807, 2.05) is 0 Å². The summed E-state index contributed by atoms with van der Waals surface area (Å²) in [4.78, 5) is 11.3. The average molecular weight is 299 g/mol. The Bertz CT molecular complexity index is 472. The average Bonchev–Trinajstić information content (AvgIpc) is 2.66. The van der Waals surface area contributed by atoms with Crippen molar-refractivity contribution in [2.75, 3.05) is 0 Å². The Kier molecular flexibility index (Phi) is 3.38. The molecule has 0 spiro atoms. The largest absolute Gasteiger partial charge is 0.378 e. The lowest BCUT2D eigenvalue weighted by molar-refractivity contribution is -0.422. The molecular weight excluding hydrogens is 278 g/mol. The molecule has 21 heavy (non-hydrogen) atoms. The second-order valence-electron chi connectivity index (χ2n) is 6.17. The van der Waals surface area contributed by atoms with Gasteiger partial charge in [0, 0.05) is 6.92 Å². The minimum absolute atomic E-state index is 0.174. The molecule has 0 saturated carbocycles. The number of nitrogens with one attached hydrogen (secondary N) is 1. The van der Waals surface area contributed by atoms with Gasteiger partial charge in [-0.2, -0.15) is 0 Å². The zero-order chi connectivity index (χ0) is 15.4. The number of aliphatic hydroxyl groups is 1. The Morgan fingerprint density at radius 3 is 2.52 bits per heavy atom. The second kappa shape index (κ2) is 4.76. The molecule has 3 aliphatic rings. The highest BCUT2D eigenvalue weighted by atomic mass is 16.9. The third-order valence-electron chi connectivity index (χ3n) is 3.89. The summed E-state index contributed by atoms with van der Waals surface area (Å²) in [6.07, 6.45) is 0.911. The summed E-state index contributed by atoms with van der Waals surface area (Å²) < 4.78 is 22.5. The van der Waals surface area contributed by atoms with E-state index >= 15 is 0 Å². The number of fused-ring (bicyclic) bond motifs is 1. The predicted octanol–water partition coefficient (Wildman–Crippen LogP) is 0.0310. The van der Waals surface area contributed by atoms with Crippen molar-refractivity contribution in [2.45, 2.75) is 69.9 Å². The summed E-state index contributed by atoms with van der Waals surface area (Å²) in [6.45, 7) is 6.72. The Balaban J connectivity index is 1.88. The molecule has 0 aromatic heterocycles. The maximum Gasteiger partial charge on any atom is 0.217 e. The van der Waals surface area contributed by atoms with Gasteiger partial charge in [-0.15, -0.1) is 0 Å². The van der Waals surface area contributed by atoms with Crippen LogP contribution in [0.5, 0.6) is 0 Å². The highest BCUT2D eigenvalue weighted by Crippen LogP contribution is 2.43. The van der Waals surface area contributed by atoms with Crippen LogP contribution in [0, 0.1) is 0 Å². The van der Waals surface area contributed by atoms with Crippen LogP contribution < -0.4 is 5.32 Å². The molecule has 7 nitrogen and oxygen atoms in total. The van der Waals surface area contributed by atoms with Crippen LogP contribution in [0.1, 0.15) is 27.7 Å². The Morgan fingerprint density at radius 2 is 1.95 bits per heavy atom. The van der Waals surface area contributed by atoms with Crippen LogP contribution in [0.15, 0.2) is 12.2 Å². The van der Waals surface area contributed by atoms with Gasteiger partial charge in [0.15, 0.2) is 24.0 Å². The number of hydrogen-bond acceptors (Lipinski definition) is 6. The predicted molar refractivity (Wildman–Crippen MR) is 70.9 cm³/mol. The minimum Gasteiger partial charge on any atom is -0.378 e. The molecule has 0 bridgehead atoms. The van der Waals surface area contributed by atoms with Gasteiger partial charge in [-0.1, -0.05) is 6.08 Å². The third-order valence-corrected chi connectivity index (χ3v) is 3.89. The maximum absolute atomic E-state index is 11.3. The molecule has 4 atom stereocenters. The highest BCUT2D eigenvalue weighted by molar-refractivity contribution is 5.73. The third kappa shape index (κ3) is 2.49. The van der Waals surface area contributed by atoms with Crippen molar-refractivity contribution >= 4 is 5.91 Å². The van der Waals surface area contributed by atoms with Gasteiger partial charge in [-0.05, 0) is 26.8 Å². The molecule has 1 amide bonds. The summed E-state index contributed by atoms with van der Waals surface area (Å²) in [5, 5.41) is 13.7. The first kappa shape index (κ1) is 14.9. The Morgan fingerprint density at radius 1 is 1.29 bits per heavy atom. The van der Waals surface area contributed by atoms with Gasteiger partial charge in [-0.3, -0.25) is 4.79 Å². The van der Waals surface area contributed by atoms with Crippen molar-refractivity contribution < 1.29 is 28.8 Å². The molecule has 2 fully saturated rings. The molecule has 2 heterocycles. The van der Waals surface area contributed by atoms with Crippen LogP contribution in [-0.2, 0) is 23.7 Å². The van der Waals surface area contributed by atoms with Crippen molar-refractivity contribution in [1.82, 2.24) is 5.32 Å². The van der Waals surface area contributed by atoms with E-state index in [1.54, 1.807) is 32.9 Å². The summed E-state index contributed by atoms with van der Waals surface area (Å²) in [5.41, 5.74) is -1.44. The van der Waals surface area contributed by atoms with Gasteiger partial charge in [0.05, 0.1) is 6.04 Å². The van der Waals surface area contributed by atoms with Gasteiger partial charge in [-0.25, -0.2) is 0 Å². The first-order chi connectivity index (χ1) is 9.71. The molecular formula is C14H21NO6. The van der Waals surface area contributed by atoms with Crippen LogP contribution in [0.25, 0.3) is 0 Å². The van der Waals surface area contributed by atoms with E-state index in [-0.39, 0.29) is 18.2 Å². The molecule has 2 N–H and O–H groups in total. The number of amides is 1. The van der Waals surface area contributed by atoms with E-state index in [4.69, 9.17) is 18.9 Å². The number of carbonyl (C=O) groups excluding carboxylic acids is 1. The highest BCUT2D eigenvalue weighted by Gasteiger charge is 2.61. The first-order valence-electron chi connectivity index (χ1n) is 7.07. The zero-order valence-corrected chi connectivity index (χ0v) is 12.5. The number of carbonyl (C=O) groups is 1. The van der Waals surface area contributed by atoms with Crippen LogP contribution in [0.2, 0.25) is 0 Å². The van der Waals surface area contributed by atoms with Crippen molar-refractivity contribution in [3.8, 4) is 0 Å². The summed E-state index contributed by atoms with van der Waals surface area (Å²) in [5.74, 6) is -1.03. The lowest BCUT2D eigenvalue weighted by Crippen LogP contribution is -2.66. The Hall–Kier alpha value is -0.990. The molecule has 118 valence electrons. The summed E-state index contributed by atoms with van der Waals surface area (Å²) in [6, 6.07) is -0.368. The van der Waals surface area contributed by atoms with Crippen LogP contribution >= 0.6 is 0 Å². The second-order valence-corrected chi connectivity index (χ2v) is 6.17. The van der Waals surface area contributed by atoms with Crippen LogP contribution in [0.4, 0.5) is 0 Å². The molecule has 3 rings (SSSR count). The Labute approximate surface area is 123 Å². The summed E-state index contributed by atoms with van der Waals surface area (Å²) >= 11 is 0. The van der Waals surface area contributed by atoms with Gasteiger partial charge in [0.2, 0.25) is 5.91 Å². The van der Waals surface area contributed by atoms with E-state index in [1.165, 1.54) is 6.92 Å². The van der Waals surface area contributed by atoms with Gasteiger partial charge in [0.25, 0.3) is 0 Å². The van der Waals surface area contributed by atoms with Crippen molar-refractivity contribution in [2.24, 2.45) is 0 Å². The fourth-order valence-corrected chi connectivity index (χ4v) is 3.03. The fraction of sp³-hybridized carbons (Fsp3) is 0.786. The molecule has 0 unspecified atom stereocenters. The fourth-order valence-electron chi connectivity index (χ4n) is 3.03. The summed E-state index contributed by atoms with van der Waals surface area (Å²) in [7, 11) is 0. The van der Waals surface area contributed by atoms with E-state index in [2.05, 4.69) is 5.32 Å². The standard InChI is InChI=1S/C14H21NO6/c1-7(16)15-9-5-6-14(17,12-18-8(2)19-12)11-10(9)20-13(3,4)21-11/h5-6,8-12,17H,1-4H3,(H,15,16)/t8?,9-,10+,11+,12?,14+/m1/s1. The number of ether oxygens (including phenoxy) is 4. The number of rotatable bonds is 2. The van der Waals surface area contributed by atoms with Crippen molar-refractivity contribution in [1.29, 1.82) is 0 Å². The van der Waals surface area contributed by atoms with Gasteiger partial charge in [0.1, 0.15) is 12.2 Å². The van der Waals surface area contributed by atoms with E-state index in [0.717, 1.165) is 0 Å². The molecule has 0 aromatic rings. The topological polar surface area (TPSA) is 86.3 Å². The van der Waals surface area contributed by atoms with Gasteiger partial charge >= 0.3 is 0 Å². The maximum atomic E-state index is 11.3. The van der Waals surface area contributed by atoms with Crippen molar-refractivity contribution in [3.05, 3.63) is 12.2 Å². The van der Waals surface area contributed by atoms with Gasteiger partial charge < -0.3 is 29.4 Å². The molecule has 2 saturated heterocycles. The molecule has 2 aliphatic heterocycles. The lowest BCUT2D eigenvalue weighted by atomic mass is 9.82. The normalized spacial score (nSPS) is 47.6. The first-order valence-corrected chi connectivity index (χ1v) is 7.07. The van der Waals surface area contributed by atoms with E-state index in [0.29, 0.717) is 0 Å². The minimum atomic E-state index is -1.44. The SMILES string of the molecule is CC(=O)N[C@@H]1C=C[C@@](O)(C2OC(C)O2)[C@H]2OC(C)(C)O[C@@H]12. The molecule has 7 heteroatoms. The van der Waals surface area contributed by atoms with E-state index in [9.17, 15) is 9.90 Å². The zero-order valence-electron chi connectivity index (χ0n) is 12.5. The molecule has 0 aromatic carbocycles. The number of hydrogen-bond donors (Lipinski definition) is 2. The molecule has 1 aliphatic carbocycles. The lowest BCUT2D eigenvalue weighted by Gasteiger charge is -2.48. The van der Waals surface area contributed by atoms with E-state index < -0.39 is 29.9 Å².